The molecule has 2 heterocycles. The van der Waals surface area contributed by atoms with Crippen LogP contribution in [0.25, 0.3) is 32.8 Å². The summed E-state index contributed by atoms with van der Waals surface area (Å²) in [6.45, 7) is 2.82. The number of para-hydroxylation sites is 3. The molecule has 5 nitrogen and oxygen atoms in total. The number of hydrogen-bond donors (Lipinski definition) is 2. The van der Waals surface area contributed by atoms with E-state index >= 15 is 0 Å². The van der Waals surface area contributed by atoms with Crippen molar-refractivity contribution in [3.63, 3.8) is 0 Å². The number of hydrogen-bond acceptors (Lipinski definition) is 3. The van der Waals surface area contributed by atoms with Crippen LogP contribution in [0.15, 0.2) is 97.1 Å². The van der Waals surface area contributed by atoms with Gasteiger partial charge in [-0.25, -0.2) is 4.98 Å². The average molecular weight is 447 g/mol. The Bertz CT molecular complexity index is 1530. The van der Waals surface area contributed by atoms with Crippen molar-refractivity contribution in [2.24, 2.45) is 0 Å². The second-order valence-electron chi connectivity index (χ2n) is 8.47. The zero-order chi connectivity index (χ0) is 22.7. The van der Waals surface area contributed by atoms with Gasteiger partial charge in [0.05, 0.1) is 23.1 Å². The first kappa shape index (κ1) is 20.5. The van der Waals surface area contributed by atoms with E-state index in [-0.39, 0.29) is 0 Å². The van der Waals surface area contributed by atoms with Crippen molar-refractivity contribution >= 4 is 32.8 Å². The topological polar surface area (TPSA) is 54.9 Å². The number of aromatic nitrogens is 3. The third-order valence-electron chi connectivity index (χ3n) is 6.21. The van der Waals surface area contributed by atoms with Gasteiger partial charge in [0.15, 0.2) is 0 Å². The summed E-state index contributed by atoms with van der Waals surface area (Å²) in [4.78, 5) is 7.97. The number of rotatable bonds is 8. The van der Waals surface area contributed by atoms with E-state index in [1.807, 2.05) is 24.3 Å². The van der Waals surface area contributed by atoms with Gasteiger partial charge in [0.2, 0.25) is 0 Å². The molecule has 2 aromatic heterocycles. The SMILES string of the molecule is c1ccc(Cn2c3ccccc3c3c(OCCNCc4nc5ccccc5[nH]4)cccc32)cc1. The summed E-state index contributed by atoms with van der Waals surface area (Å²) in [7, 11) is 0. The zero-order valence-corrected chi connectivity index (χ0v) is 18.9. The molecule has 6 rings (SSSR count). The summed E-state index contributed by atoms with van der Waals surface area (Å²) in [5, 5.41) is 5.83. The van der Waals surface area contributed by atoms with Crippen LogP contribution in [0.3, 0.4) is 0 Å². The predicted molar refractivity (Wildman–Crippen MR) is 138 cm³/mol. The van der Waals surface area contributed by atoms with Crippen molar-refractivity contribution in [2.75, 3.05) is 13.2 Å². The Morgan fingerprint density at radius 3 is 2.50 bits per heavy atom. The number of H-pyrrole nitrogens is 1. The molecule has 0 aliphatic heterocycles. The fourth-order valence-electron chi connectivity index (χ4n) is 4.65. The molecule has 0 aliphatic rings. The van der Waals surface area contributed by atoms with Crippen LogP contribution in [0.2, 0.25) is 0 Å². The van der Waals surface area contributed by atoms with E-state index in [0.29, 0.717) is 13.2 Å². The molecule has 0 bridgehead atoms. The number of fused-ring (bicyclic) bond motifs is 4. The van der Waals surface area contributed by atoms with Gasteiger partial charge in [-0.15, -0.1) is 0 Å². The highest BCUT2D eigenvalue weighted by Crippen LogP contribution is 2.36. The zero-order valence-electron chi connectivity index (χ0n) is 18.9. The Kier molecular flexibility index (Phi) is 5.45. The molecule has 4 aromatic carbocycles. The number of benzene rings is 4. The first-order valence-electron chi connectivity index (χ1n) is 11.7. The van der Waals surface area contributed by atoms with E-state index in [9.17, 15) is 0 Å². The van der Waals surface area contributed by atoms with E-state index < -0.39 is 0 Å². The summed E-state index contributed by atoms with van der Waals surface area (Å²) in [5.41, 5.74) is 5.76. The van der Waals surface area contributed by atoms with Gasteiger partial charge >= 0.3 is 0 Å². The second-order valence-corrected chi connectivity index (χ2v) is 8.47. The molecule has 5 heteroatoms. The van der Waals surface area contributed by atoms with Crippen LogP contribution >= 0.6 is 0 Å². The maximum absolute atomic E-state index is 6.28. The van der Waals surface area contributed by atoms with E-state index in [1.54, 1.807) is 0 Å². The van der Waals surface area contributed by atoms with E-state index in [0.717, 1.165) is 35.7 Å². The Balaban J connectivity index is 1.20. The average Bonchev–Trinajstić information content (AvgIpc) is 3.44. The fourth-order valence-corrected chi connectivity index (χ4v) is 4.65. The number of imidazole rings is 1. The van der Waals surface area contributed by atoms with Crippen LogP contribution in [0.4, 0.5) is 0 Å². The molecule has 2 N–H and O–H groups in total. The summed E-state index contributed by atoms with van der Waals surface area (Å²) >= 11 is 0. The molecule has 34 heavy (non-hydrogen) atoms. The molecule has 6 aromatic rings. The summed E-state index contributed by atoms with van der Waals surface area (Å²) in [6.07, 6.45) is 0. The minimum Gasteiger partial charge on any atom is -0.492 e. The molecule has 0 unspecified atom stereocenters. The van der Waals surface area contributed by atoms with Crippen molar-refractivity contribution in [3.05, 3.63) is 108 Å². The predicted octanol–water partition coefficient (Wildman–Crippen LogP) is 5.89. The molecule has 0 spiro atoms. The maximum atomic E-state index is 6.28. The minimum absolute atomic E-state index is 0.581. The third kappa shape index (κ3) is 3.91. The normalized spacial score (nSPS) is 11.5. The quantitative estimate of drug-likeness (QED) is 0.287. The van der Waals surface area contributed by atoms with Crippen LogP contribution in [0.5, 0.6) is 5.75 Å². The largest absolute Gasteiger partial charge is 0.492 e. The number of ether oxygens (including phenoxy) is 1. The highest BCUT2D eigenvalue weighted by molar-refractivity contribution is 6.11. The highest BCUT2D eigenvalue weighted by atomic mass is 16.5. The second kappa shape index (κ2) is 9.04. The van der Waals surface area contributed by atoms with Crippen molar-refractivity contribution in [3.8, 4) is 5.75 Å². The first-order chi connectivity index (χ1) is 16.9. The molecular weight excluding hydrogens is 420 g/mol. The molecule has 168 valence electrons. The van der Waals surface area contributed by atoms with Crippen LogP contribution in [-0.2, 0) is 13.1 Å². The molecule has 0 radical (unpaired) electrons. The van der Waals surface area contributed by atoms with Gasteiger partial charge in [0.25, 0.3) is 0 Å². The van der Waals surface area contributed by atoms with E-state index in [4.69, 9.17) is 4.74 Å². The molecule has 0 aliphatic carbocycles. The van der Waals surface area contributed by atoms with E-state index in [2.05, 4.69) is 92.6 Å². The molecule has 0 atom stereocenters. The van der Waals surface area contributed by atoms with Gasteiger partial charge in [0, 0.05) is 29.4 Å². The Morgan fingerprint density at radius 2 is 1.59 bits per heavy atom. The summed E-state index contributed by atoms with van der Waals surface area (Å²) in [5.74, 6) is 1.86. The maximum Gasteiger partial charge on any atom is 0.129 e. The summed E-state index contributed by atoms with van der Waals surface area (Å²) < 4.78 is 8.66. The van der Waals surface area contributed by atoms with Crippen molar-refractivity contribution < 1.29 is 4.74 Å². The van der Waals surface area contributed by atoms with Crippen LogP contribution < -0.4 is 10.1 Å². The Morgan fingerprint density at radius 1 is 0.794 bits per heavy atom. The van der Waals surface area contributed by atoms with Gasteiger partial charge in [-0.05, 0) is 35.9 Å². The van der Waals surface area contributed by atoms with E-state index in [1.165, 1.54) is 27.4 Å². The van der Waals surface area contributed by atoms with Crippen molar-refractivity contribution in [1.82, 2.24) is 19.9 Å². The molecule has 0 amide bonds. The fraction of sp³-hybridized carbons (Fsp3) is 0.138. The lowest BCUT2D eigenvalue weighted by Crippen LogP contribution is -2.21. The molecule has 0 saturated heterocycles. The lowest BCUT2D eigenvalue weighted by molar-refractivity contribution is 0.317. The molecule has 0 fully saturated rings. The smallest absolute Gasteiger partial charge is 0.129 e. The number of aromatic amines is 1. The van der Waals surface area contributed by atoms with Crippen LogP contribution in [0.1, 0.15) is 11.4 Å². The third-order valence-corrected chi connectivity index (χ3v) is 6.21. The van der Waals surface area contributed by atoms with Gasteiger partial charge in [0.1, 0.15) is 18.2 Å². The first-order valence-corrected chi connectivity index (χ1v) is 11.7. The van der Waals surface area contributed by atoms with Gasteiger partial charge < -0.3 is 19.6 Å². The van der Waals surface area contributed by atoms with Crippen molar-refractivity contribution in [2.45, 2.75) is 13.1 Å². The lowest BCUT2D eigenvalue weighted by atomic mass is 10.1. The van der Waals surface area contributed by atoms with Gasteiger partial charge in [-0.2, -0.15) is 0 Å². The standard InChI is InChI=1S/C29H26N4O/c1-2-9-21(10-3-1)20-33-25-14-7-4-11-22(25)29-26(33)15-8-16-27(29)34-18-17-30-19-28-31-23-12-5-6-13-24(23)32-28/h1-16,30H,17-20H2,(H,31,32). The molecular formula is C29H26N4O. The van der Waals surface area contributed by atoms with Crippen LogP contribution in [-0.4, -0.2) is 27.7 Å². The van der Waals surface area contributed by atoms with Crippen LogP contribution in [0, 0.1) is 0 Å². The lowest BCUT2D eigenvalue weighted by Gasteiger charge is -2.10. The van der Waals surface area contributed by atoms with Crippen molar-refractivity contribution in [1.29, 1.82) is 0 Å². The molecule has 0 saturated carbocycles. The highest BCUT2D eigenvalue weighted by Gasteiger charge is 2.14. The minimum atomic E-state index is 0.581. The number of nitrogens with one attached hydrogen (secondary N) is 2. The summed E-state index contributed by atoms with van der Waals surface area (Å²) in [6, 6.07) is 33.6. The number of nitrogens with zero attached hydrogens (tertiary/aromatic N) is 2. The van der Waals surface area contributed by atoms with Gasteiger partial charge in [-0.1, -0.05) is 66.7 Å². The monoisotopic (exact) mass is 446 g/mol. The van der Waals surface area contributed by atoms with Gasteiger partial charge in [-0.3, -0.25) is 0 Å². The Hall–Kier alpha value is -4.09. The Labute approximate surface area is 198 Å².